The Morgan fingerprint density at radius 3 is 2.79 bits per heavy atom. The lowest BCUT2D eigenvalue weighted by Crippen LogP contribution is -2.09. The molecule has 0 radical (unpaired) electrons. The number of aromatic nitrogens is 3. The molecule has 2 rings (SSSR count). The molecule has 2 aromatic heterocycles. The molecule has 0 aliphatic rings. The van der Waals surface area contributed by atoms with Crippen LogP contribution in [-0.4, -0.2) is 14.5 Å². The summed E-state index contributed by atoms with van der Waals surface area (Å²) in [6, 6.07) is 1.82. The number of aryl methyl sites for hydroxylation is 1. The SMILES string of the molecule is CC(C)c1nc2cc[nH]c(=O)c2n1C. The Kier molecular flexibility index (Phi) is 1.91. The summed E-state index contributed by atoms with van der Waals surface area (Å²) in [5.74, 6) is 1.27. The van der Waals surface area contributed by atoms with Crippen molar-refractivity contribution >= 4 is 11.0 Å². The minimum atomic E-state index is -0.0793. The fourth-order valence-electron chi connectivity index (χ4n) is 1.70. The highest BCUT2D eigenvalue weighted by molar-refractivity contribution is 5.74. The second-order valence-electron chi connectivity index (χ2n) is 3.72. The minimum absolute atomic E-state index is 0.0793. The number of aromatic amines is 1. The van der Waals surface area contributed by atoms with E-state index in [9.17, 15) is 4.79 Å². The predicted molar refractivity (Wildman–Crippen MR) is 55.4 cm³/mol. The van der Waals surface area contributed by atoms with Crippen molar-refractivity contribution in [2.45, 2.75) is 19.8 Å². The first-order valence-electron chi connectivity index (χ1n) is 4.65. The van der Waals surface area contributed by atoms with E-state index in [0.717, 1.165) is 11.3 Å². The van der Waals surface area contributed by atoms with Crippen molar-refractivity contribution in [1.29, 1.82) is 0 Å². The van der Waals surface area contributed by atoms with Crippen LogP contribution in [0.5, 0.6) is 0 Å². The molecule has 0 unspecified atom stereocenters. The van der Waals surface area contributed by atoms with Crippen LogP contribution >= 0.6 is 0 Å². The van der Waals surface area contributed by atoms with E-state index in [1.807, 2.05) is 17.7 Å². The van der Waals surface area contributed by atoms with E-state index in [-0.39, 0.29) is 5.56 Å². The molecule has 14 heavy (non-hydrogen) atoms. The molecule has 0 bridgehead atoms. The van der Waals surface area contributed by atoms with Crippen molar-refractivity contribution in [1.82, 2.24) is 14.5 Å². The summed E-state index contributed by atoms with van der Waals surface area (Å²) in [7, 11) is 1.87. The van der Waals surface area contributed by atoms with Gasteiger partial charge in [0.25, 0.3) is 5.56 Å². The number of fused-ring (bicyclic) bond motifs is 1. The Labute approximate surface area is 81.6 Å². The average Bonchev–Trinajstić information content (AvgIpc) is 2.45. The van der Waals surface area contributed by atoms with Gasteiger partial charge in [0.05, 0.1) is 5.52 Å². The maximum Gasteiger partial charge on any atom is 0.274 e. The van der Waals surface area contributed by atoms with Crippen molar-refractivity contribution in [3.63, 3.8) is 0 Å². The molecular weight excluding hydrogens is 178 g/mol. The van der Waals surface area contributed by atoms with Crippen molar-refractivity contribution in [3.8, 4) is 0 Å². The van der Waals surface area contributed by atoms with E-state index < -0.39 is 0 Å². The van der Waals surface area contributed by atoms with Crippen LogP contribution in [0.4, 0.5) is 0 Å². The number of imidazole rings is 1. The van der Waals surface area contributed by atoms with Gasteiger partial charge < -0.3 is 9.55 Å². The van der Waals surface area contributed by atoms with Crippen LogP contribution in [0.1, 0.15) is 25.6 Å². The van der Waals surface area contributed by atoms with Gasteiger partial charge in [-0.2, -0.15) is 0 Å². The van der Waals surface area contributed by atoms with Gasteiger partial charge in [-0.3, -0.25) is 4.79 Å². The third-order valence-corrected chi connectivity index (χ3v) is 2.34. The number of nitrogens with one attached hydrogen (secondary N) is 1. The van der Waals surface area contributed by atoms with Crippen LogP contribution in [0.15, 0.2) is 17.1 Å². The van der Waals surface area contributed by atoms with E-state index >= 15 is 0 Å². The topological polar surface area (TPSA) is 50.7 Å². The van der Waals surface area contributed by atoms with E-state index in [1.54, 1.807) is 6.20 Å². The molecule has 0 saturated heterocycles. The summed E-state index contributed by atoms with van der Waals surface area (Å²) in [6.07, 6.45) is 1.63. The van der Waals surface area contributed by atoms with E-state index in [2.05, 4.69) is 23.8 Å². The maximum absolute atomic E-state index is 11.5. The first-order valence-corrected chi connectivity index (χ1v) is 4.65. The zero-order valence-electron chi connectivity index (χ0n) is 8.53. The zero-order valence-corrected chi connectivity index (χ0v) is 8.53. The molecule has 0 fully saturated rings. The predicted octanol–water partition coefficient (Wildman–Crippen LogP) is 1.39. The monoisotopic (exact) mass is 191 g/mol. The number of hydrogen-bond acceptors (Lipinski definition) is 2. The Morgan fingerprint density at radius 2 is 2.21 bits per heavy atom. The van der Waals surface area contributed by atoms with Gasteiger partial charge in [0.15, 0.2) is 0 Å². The summed E-state index contributed by atoms with van der Waals surface area (Å²) >= 11 is 0. The normalized spacial score (nSPS) is 11.4. The van der Waals surface area contributed by atoms with Gasteiger partial charge in [-0.15, -0.1) is 0 Å². The summed E-state index contributed by atoms with van der Waals surface area (Å²) < 4.78 is 1.86. The fourth-order valence-corrected chi connectivity index (χ4v) is 1.70. The van der Waals surface area contributed by atoms with Crippen LogP contribution in [0.25, 0.3) is 11.0 Å². The van der Waals surface area contributed by atoms with Gasteiger partial charge in [-0.1, -0.05) is 13.8 Å². The molecule has 0 aromatic carbocycles. The molecule has 0 spiro atoms. The van der Waals surface area contributed by atoms with E-state index in [0.29, 0.717) is 11.4 Å². The second kappa shape index (κ2) is 2.97. The number of pyridine rings is 1. The quantitative estimate of drug-likeness (QED) is 0.740. The third-order valence-electron chi connectivity index (χ3n) is 2.34. The average molecular weight is 191 g/mol. The lowest BCUT2D eigenvalue weighted by Gasteiger charge is -2.03. The highest BCUT2D eigenvalue weighted by Crippen LogP contribution is 2.16. The van der Waals surface area contributed by atoms with Gasteiger partial charge in [0.1, 0.15) is 11.3 Å². The van der Waals surface area contributed by atoms with Gasteiger partial charge >= 0.3 is 0 Å². The van der Waals surface area contributed by atoms with Crippen LogP contribution in [0, 0.1) is 0 Å². The number of rotatable bonds is 1. The summed E-state index contributed by atoms with van der Waals surface area (Å²) in [5, 5.41) is 0. The standard InChI is InChI=1S/C10H13N3O/c1-6(2)9-12-7-4-5-11-10(14)8(7)13(9)3/h4-6H,1-3H3,(H,11,14). The van der Waals surface area contributed by atoms with Crippen LogP contribution in [0.2, 0.25) is 0 Å². The molecular formula is C10H13N3O. The lowest BCUT2D eigenvalue weighted by atomic mass is 10.2. The number of hydrogen-bond donors (Lipinski definition) is 1. The van der Waals surface area contributed by atoms with Crippen molar-refractivity contribution in [2.24, 2.45) is 7.05 Å². The molecule has 2 heterocycles. The highest BCUT2D eigenvalue weighted by Gasteiger charge is 2.12. The van der Waals surface area contributed by atoms with Gasteiger partial charge in [-0.05, 0) is 6.07 Å². The summed E-state index contributed by atoms with van der Waals surface area (Å²) in [6.45, 7) is 4.13. The van der Waals surface area contributed by atoms with E-state index in [1.165, 1.54) is 0 Å². The van der Waals surface area contributed by atoms with Crippen molar-refractivity contribution in [2.75, 3.05) is 0 Å². The number of nitrogens with zero attached hydrogens (tertiary/aromatic N) is 2. The first kappa shape index (κ1) is 8.99. The molecule has 74 valence electrons. The largest absolute Gasteiger partial charge is 0.327 e. The van der Waals surface area contributed by atoms with Crippen LogP contribution in [-0.2, 0) is 7.05 Å². The number of H-pyrrole nitrogens is 1. The van der Waals surface area contributed by atoms with Crippen molar-refractivity contribution < 1.29 is 0 Å². The molecule has 4 nitrogen and oxygen atoms in total. The molecule has 0 amide bonds. The Morgan fingerprint density at radius 1 is 1.50 bits per heavy atom. The fraction of sp³-hybridized carbons (Fsp3) is 0.400. The smallest absolute Gasteiger partial charge is 0.274 e. The molecule has 1 N–H and O–H groups in total. The molecule has 2 aromatic rings. The summed E-state index contributed by atoms with van der Waals surface area (Å²) in [5.41, 5.74) is 1.33. The van der Waals surface area contributed by atoms with Crippen molar-refractivity contribution in [3.05, 3.63) is 28.4 Å². The zero-order chi connectivity index (χ0) is 10.3. The molecule has 0 atom stereocenters. The maximum atomic E-state index is 11.5. The van der Waals surface area contributed by atoms with Gasteiger partial charge in [-0.25, -0.2) is 4.98 Å². The molecule has 0 aliphatic heterocycles. The summed E-state index contributed by atoms with van der Waals surface area (Å²) in [4.78, 5) is 18.6. The van der Waals surface area contributed by atoms with Gasteiger partial charge in [0.2, 0.25) is 0 Å². The molecule has 0 aliphatic carbocycles. The van der Waals surface area contributed by atoms with Crippen LogP contribution < -0.4 is 5.56 Å². The van der Waals surface area contributed by atoms with Crippen LogP contribution in [0.3, 0.4) is 0 Å². The highest BCUT2D eigenvalue weighted by atomic mass is 16.1. The second-order valence-corrected chi connectivity index (χ2v) is 3.72. The minimum Gasteiger partial charge on any atom is -0.327 e. The molecule has 0 saturated carbocycles. The Balaban J connectivity index is 2.88. The Hall–Kier alpha value is -1.58. The third kappa shape index (κ3) is 1.14. The van der Waals surface area contributed by atoms with E-state index in [4.69, 9.17) is 0 Å². The van der Waals surface area contributed by atoms with Gasteiger partial charge in [0, 0.05) is 19.2 Å². The first-order chi connectivity index (χ1) is 6.61. The lowest BCUT2D eigenvalue weighted by molar-refractivity contribution is 0.721. The molecule has 4 heteroatoms. The Bertz CT molecular complexity index is 522.